The smallest absolute Gasteiger partial charge is 0.338 e. The zero-order valence-corrected chi connectivity index (χ0v) is 26.0. The second-order valence-electron chi connectivity index (χ2n) is 12.7. The van der Waals surface area contributed by atoms with Gasteiger partial charge in [0.1, 0.15) is 12.2 Å². The van der Waals surface area contributed by atoms with Gasteiger partial charge in [-0.05, 0) is 79.8 Å². The van der Waals surface area contributed by atoms with Crippen LogP contribution in [0.5, 0.6) is 0 Å². The van der Waals surface area contributed by atoms with Crippen LogP contribution in [0.25, 0.3) is 0 Å². The number of rotatable bonds is 4. The zero-order valence-electron chi connectivity index (χ0n) is 26.0. The Hall–Kier alpha value is -4.76. The first-order valence-electron chi connectivity index (χ1n) is 16.3. The SMILES string of the molecule is O=C1/C=C/CCc2ccccc2[C@H](NC(=O)c2ccccc2)[C@@H](O)C(=O)OC2CC3CC(CO1)C(OC(=O)c1ccccc1)C(C3)C2. The van der Waals surface area contributed by atoms with Gasteiger partial charge in [0.25, 0.3) is 5.91 Å². The number of hydrogen-bond acceptors (Lipinski definition) is 8. The van der Waals surface area contributed by atoms with Crippen molar-refractivity contribution in [2.24, 2.45) is 17.8 Å². The highest BCUT2D eigenvalue weighted by atomic mass is 16.6. The Morgan fingerprint density at radius 3 is 2.26 bits per heavy atom. The first-order chi connectivity index (χ1) is 22.9. The van der Waals surface area contributed by atoms with Gasteiger partial charge in [-0.1, -0.05) is 66.7 Å². The number of benzene rings is 3. The molecule has 0 aromatic heterocycles. The summed E-state index contributed by atoms with van der Waals surface area (Å²) >= 11 is 0. The molecular weight excluding hydrogens is 598 g/mol. The van der Waals surface area contributed by atoms with Gasteiger partial charge in [-0.25, -0.2) is 14.4 Å². The first-order valence-corrected chi connectivity index (χ1v) is 16.3. The van der Waals surface area contributed by atoms with Crippen LogP contribution in [0.3, 0.4) is 0 Å². The fourth-order valence-corrected chi connectivity index (χ4v) is 7.28. The highest BCUT2D eigenvalue weighted by molar-refractivity contribution is 5.95. The van der Waals surface area contributed by atoms with Crippen LogP contribution < -0.4 is 5.32 Å². The summed E-state index contributed by atoms with van der Waals surface area (Å²) in [5.41, 5.74) is 2.19. The first kappa shape index (κ1) is 32.2. The molecule has 4 aliphatic rings. The molecule has 7 rings (SSSR count). The Bertz CT molecular complexity index is 1610. The number of ether oxygens (including phenoxy) is 3. The van der Waals surface area contributed by atoms with Crippen LogP contribution in [0.1, 0.15) is 70.0 Å². The lowest BCUT2D eigenvalue weighted by Crippen LogP contribution is -2.49. The standard InChI is InChI=1S/C38H39NO8/c40-32-18-10-8-12-25-11-7-9-17-31(25)33(39-36(42)26-13-3-1-4-14-26)34(41)38(44)46-30-21-24-19-28(22-30)35(29(20-24)23-45-32)47-37(43)27-15-5-2-6-16-27/h1-7,9-11,13-18,24,28-30,33-35,41H,8,12,19-23H2,(H,39,42)/b18-10+/t24?,28?,29?,30?,33-,34+,35?/m0/s1. The molecule has 2 N–H and O–H groups in total. The minimum atomic E-state index is -1.69. The van der Waals surface area contributed by atoms with E-state index in [1.807, 2.05) is 18.2 Å². The van der Waals surface area contributed by atoms with Crippen LogP contribution in [0.2, 0.25) is 0 Å². The van der Waals surface area contributed by atoms with Crippen LogP contribution in [0.4, 0.5) is 0 Å². The van der Waals surface area contributed by atoms with Crippen molar-refractivity contribution < 1.29 is 38.5 Å². The number of allylic oxidation sites excluding steroid dienone is 1. The third kappa shape index (κ3) is 7.80. The molecule has 3 aromatic carbocycles. The van der Waals surface area contributed by atoms with Crippen molar-refractivity contribution in [3.05, 3.63) is 119 Å². The molecule has 0 radical (unpaired) electrons. The summed E-state index contributed by atoms with van der Waals surface area (Å²) in [6, 6.07) is 23.5. The average Bonchev–Trinajstić information content (AvgIpc) is 3.09. The van der Waals surface area contributed by atoms with E-state index < -0.39 is 48.2 Å². The Kier molecular flexibility index (Phi) is 10.1. The number of carbonyl (C=O) groups excluding carboxylic acids is 4. The highest BCUT2D eigenvalue weighted by Gasteiger charge is 2.47. The number of nitrogens with one attached hydrogen (secondary N) is 1. The Morgan fingerprint density at radius 2 is 1.49 bits per heavy atom. The summed E-state index contributed by atoms with van der Waals surface area (Å²) < 4.78 is 17.8. The minimum absolute atomic E-state index is 0.109. The molecular formula is C38H39NO8. The van der Waals surface area contributed by atoms with Gasteiger partial charge in [0.2, 0.25) is 0 Å². The maximum absolute atomic E-state index is 13.7. The van der Waals surface area contributed by atoms with Crippen LogP contribution in [-0.2, 0) is 30.2 Å². The Morgan fingerprint density at radius 1 is 0.809 bits per heavy atom. The van der Waals surface area contributed by atoms with E-state index in [1.54, 1.807) is 72.8 Å². The van der Waals surface area contributed by atoms with Crippen molar-refractivity contribution in [3.8, 4) is 0 Å². The zero-order chi connectivity index (χ0) is 32.8. The Balaban J connectivity index is 1.29. The number of carbonyl (C=O) groups is 4. The summed E-state index contributed by atoms with van der Waals surface area (Å²) in [4.78, 5) is 52.9. The summed E-state index contributed by atoms with van der Waals surface area (Å²) in [7, 11) is 0. The van der Waals surface area contributed by atoms with Crippen molar-refractivity contribution in [2.75, 3.05) is 6.61 Å². The number of aliphatic hydroxyl groups excluding tert-OH is 1. The van der Waals surface area contributed by atoms with E-state index in [-0.39, 0.29) is 24.4 Å². The number of amides is 1. The normalized spacial score (nSPS) is 28.5. The van der Waals surface area contributed by atoms with E-state index in [4.69, 9.17) is 14.2 Å². The molecule has 9 heteroatoms. The molecule has 0 saturated heterocycles. The minimum Gasteiger partial charge on any atom is -0.462 e. The van der Waals surface area contributed by atoms with Crippen molar-refractivity contribution in [3.63, 3.8) is 0 Å². The molecule has 244 valence electrons. The van der Waals surface area contributed by atoms with Crippen LogP contribution in [-0.4, -0.2) is 53.8 Å². The highest BCUT2D eigenvalue weighted by Crippen LogP contribution is 2.45. The van der Waals surface area contributed by atoms with Gasteiger partial charge in [0.05, 0.1) is 18.2 Å². The van der Waals surface area contributed by atoms with E-state index in [9.17, 15) is 24.3 Å². The summed E-state index contributed by atoms with van der Waals surface area (Å²) in [5, 5.41) is 14.4. The van der Waals surface area contributed by atoms with E-state index in [0.29, 0.717) is 48.8 Å². The molecule has 2 saturated carbocycles. The number of aryl methyl sites for hydroxylation is 1. The number of fused-ring (bicyclic) bond motifs is 8. The summed E-state index contributed by atoms with van der Waals surface area (Å²) in [5.74, 6) is -2.42. The van der Waals surface area contributed by atoms with Gasteiger partial charge < -0.3 is 24.6 Å². The average molecular weight is 638 g/mol. The van der Waals surface area contributed by atoms with E-state index in [0.717, 1.165) is 12.0 Å². The van der Waals surface area contributed by atoms with Gasteiger partial charge in [-0.15, -0.1) is 0 Å². The van der Waals surface area contributed by atoms with E-state index in [2.05, 4.69) is 5.32 Å². The van der Waals surface area contributed by atoms with Crippen LogP contribution in [0, 0.1) is 17.8 Å². The maximum atomic E-state index is 13.7. The predicted molar refractivity (Wildman–Crippen MR) is 172 cm³/mol. The van der Waals surface area contributed by atoms with E-state index in [1.165, 1.54) is 6.08 Å². The molecule has 5 unspecified atom stereocenters. The molecule has 9 nitrogen and oxygen atoms in total. The third-order valence-electron chi connectivity index (χ3n) is 9.44. The van der Waals surface area contributed by atoms with Gasteiger partial charge in [0.15, 0.2) is 6.10 Å². The predicted octanol–water partition coefficient (Wildman–Crippen LogP) is 5.14. The summed E-state index contributed by atoms with van der Waals surface area (Å²) in [6.45, 7) is 0.109. The molecule has 47 heavy (non-hydrogen) atoms. The van der Waals surface area contributed by atoms with Gasteiger partial charge >= 0.3 is 17.9 Å². The Labute approximate surface area is 273 Å². The molecule has 7 atom stereocenters. The van der Waals surface area contributed by atoms with Crippen LogP contribution in [0.15, 0.2) is 97.1 Å². The quantitative estimate of drug-likeness (QED) is 0.298. The number of aliphatic hydroxyl groups is 1. The maximum Gasteiger partial charge on any atom is 0.338 e. The van der Waals surface area contributed by atoms with Crippen molar-refractivity contribution in [2.45, 2.75) is 62.9 Å². The van der Waals surface area contributed by atoms with Crippen molar-refractivity contribution in [1.82, 2.24) is 5.32 Å². The van der Waals surface area contributed by atoms with Gasteiger partial charge in [-0.3, -0.25) is 4.79 Å². The fraction of sp³-hybridized carbons (Fsp3) is 0.368. The van der Waals surface area contributed by atoms with Crippen molar-refractivity contribution >= 4 is 23.8 Å². The number of hydrogen-bond donors (Lipinski definition) is 2. The fourth-order valence-electron chi connectivity index (χ4n) is 7.28. The van der Waals surface area contributed by atoms with E-state index >= 15 is 0 Å². The summed E-state index contributed by atoms with van der Waals surface area (Å²) in [6.07, 6.45) is 3.70. The lowest BCUT2D eigenvalue weighted by atomic mass is 9.65. The molecule has 4 bridgehead atoms. The molecule has 1 amide bonds. The molecule has 2 fully saturated rings. The van der Waals surface area contributed by atoms with Crippen molar-refractivity contribution in [1.29, 1.82) is 0 Å². The topological polar surface area (TPSA) is 128 Å². The van der Waals surface area contributed by atoms with Crippen LogP contribution >= 0.6 is 0 Å². The van der Waals surface area contributed by atoms with Gasteiger partial charge in [-0.2, -0.15) is 0 Å². The van der Waals surface area contributed by atoms with Gasteiger partial charge in [0, 0.05) is 23.5 Å². The molecule has 0 spiro atoms. The second-order valence-corrected chi connectivity index (χ2v) is 12.7. The molecule has 3 aromatic rings. The molecule has 2 aliphatic heterocycles. The lowest BCUT2D eigenvalue weighted by molar-refractivity contribution is -0.169. The molecule has 2 aliphatic carbocycles. The largest absolute Gasteiger partial charge is 0.462 e. The third-order valence-corrected chi connectivity index (χ3v) is 9.44. The second kappa shape index (κ2) is 14.8. The monoisotopic (exact) mass is 637 g/mol. The lowest BCUT2D eigenvalue weighted by Gasteiger charge is -2.46. The number of esters is 3. The molecule has 2 heterocycles.